The van der Waals surface area contributed by atoms with Crippen molar-refractivity contribution in [2.45, 2.75) is 10.9 Å². The summed E-state index contributed by atoms with van der Waals surface area (Å²) in [6.45, 7) is 1.85. The van der Waals surface area contributed by atoms with Crippen LogP contribution >= 0.6 is 11.6 Å². The van der Waals surface area contributed by atoms with Crippen molar-refractivity contribution in [3.05, 3.63) is 101 Å². The molecule has 0 aromatic heterocycles. The number of halogens is 1. The third kappa shape index (κ3) is 5.81. The number of hydrogen-bond acceptors (Lipinski definition) is 4. The summed E-state index contributed by atoms with van der Waals surface area (Å²) in [4.78, 5) is 15.1. The maximum absolute atomic E-state index is 12.9. The van der Waals surface area contributed by atoms with Gasteiger partial charge in [-0.1, -0.05) is 72.3 Å². The van der Waals surface area contributed by atoms with Crippen LogP contribution in [0.2, 0.25) is 5.02 Å². The molecule has 1 aliphatic rings. The molecule has 0 saturated carbocycles. The van der Waals surface area contributed by atoms with Crippen molar-refractivity contribution in [1.29, 1.82) is 0 Å². The zero-order chi connectivity index (χ0) is 23.3. The van der Waals surface area contributed by atoms with Crippen molar-refractivity contribution in [3.8, 4) is 0 Å². The van der Waals surface area contributed by atoms with E-state index in [4.69, 9.17) is 11.6 Å². The molecule has 1 saturated heterocycles. The average molecular weight is 484 g/mol. The molecule has 0 spiro atoms. The minimum absolute atomic E-state index is 0.0956. The van der Waals surface area contributed by atoms with Crippen molar-refractivity contribution < 1.29 is 13.2 Å². The molecular formula is C25H26ClN3O3S. The second kappa shape index (κ2) is 10.5. The van der Waals surface area contributed by atoms with E-state index < -0.39 is 10.0 Å². The van der Waals surface area contributed by atoms with Gasteiger partial charge in [0.25, 0.3) is 0 Å². The zero-order valence-electron chi connectivity index (χ0n) is 18.1. The molecule has 0 atom stereocenters. The molecule has 0 aliphatic carbocycles. The molecule has 172 valence electrons. The van der Waals surface area contributed by atoms with Crippen molar-refractivity contribution in [3.63, 3.8) is 0 Å². The van der Waals surface area contributed by atoms with E-state index in [0.717, 1.165) is 11.1 Å². The summed E-state index contributed by atoms with van der Waals surface area (Å²) in [6.07, 6.45) is 0. The lowest BCUT2D eigenvalue weighted by molar-refractivity contribution is -0.123. The molecule has 1 amide bonds. The number of sulfonamides is 1. The number of amides is 1. The van der Waals surface area contributed by atoms with Crippen molar-refractivity contribution in [2.24, 2.45) is 0 Å². The fourth-order valence-electron chi connectivity index (χ4n) is 3.94. The molecule has 8 heteroatoms. The number of nitrogens with one attached hydrogen (secondary N) is 1. The Hall–Kier alpha value is -2.71. The standard InChI is InChI=1S/C25H26ClN3O3S/c26-22-11-13-23(14-12-22)33(31,32)29-17-15-28(16-18-29)19-24(30)27-25(20-7-3-1-4-8-20)21-9-5-2-6-10-21/h1-14,25H,15-19H2,(H,27,30). The average Bonchev–Trinajstić information content (AvgIpc) is 2.84. The number of benzene rings is 3. The van der Waals surface area contributed by atoms with E-state index in [0.29, 0.717) is 31.2 Å². The van der Waals surface area contributed by atoms with Gasteiger partial charge in [-0.25, -0.2) is 8.42 Å². The second-order valence-corrected chi connectivity index (χ2v) is 10.3. The quantitative estimate of drug-likeness (QED) is 0.558. The first kappa shape index (κ1) is 23.4. The number of rotatable bonds is 7. The maximum atomic E-state index is 12.9. The third-order valence-corrected chi connectivity index (χ3v) is 7.89. The Kier molecular flexibility index (Phi) is 7.45. The molecule has 4 rings (SSSR count). The van der Waals surface area contributed by atoms with Gasteiger partial charge in [0.2, 0.25) is 15.9 Å². The summed E-state index contributed by atoms with van der Waals surface area (Å²) >= 11 is 5.88. The topological polar surface area (TPSA) is 69.7 Å². The first-order chi connectivity index (χ1) is 15.9. The Morgan fingerprint density at radius 1 is 0.818 bits per heavy atom. The van der Waals surface area contributed by atoms with Gasteiger partial charge in [0.1, 0.15) is 0 Å². The van der Waals surface area contributed by atoms with Gasteiger partial charge >= 0.3 is 0 Å². The van der Waals surface area contributed by atoms with Gasteiger partial charge in [0, 0.05) is 31.2 Å². The summed E-state index contributed by atoms with van der Waals surface area (Å²) in [7, 11) is -3.57. The molecule has 1 fully saturated rings. The number of carbonyl (C=O) groups excluding carboxylic acids is 1. The van der Waals surface area contributed by atoms with Crippen LogP contribution < -0.4 is 5.32 Å². The predicted molar refractivity (Wildman–Crippen MR) is 130 cm³/mol. The number of piperazine rings is 1. The molecule has 0 unspecified atom stereocenters. The summed E-state index contributed by atoms with van der Waals surface area (Å²) in [5.74, 6) is -0.0956. The molecule has 1 aliphatic heterocycles. The highest BCUT2D eigenvalue weighted by atomic mass is 35.5. The van der Waals surface area contributed by atoms with E-state index in [-0.39, 0.29) is 23.4 Å². The van der Waals surface area contributed by atoms with Gasteiger partial charge in [-0.15, -0.1) is 0 Å². The Labute approximate surface area is 199 Å². The van der Waals surface area contributed by atoms with Crippen LogP contribution in [0.3, 0.4) is 0 Å². The van der Waals surface area contributed by atoms with Crippen LogP contribution in [0.4, 0.5) is 0 Å². The van der Waals surface area contributed by atoms with Gasteiger partial charge in [-0.05, 0) is 35.4 Å². The zero-order valence-corrected chi connectivity index (χ0v) is 19.7. The van der Waals surface area contributed by atoms with Crippen molar-refractivity contribution in [1.82, 2.24) is 14.5 Å². The van der Waals surface area contributed by atoms with E-state index in [1.807, 2.05) is 65.6 Å². The molecule has 6 nitrogen and oxygen atoms in total. The highest BCUT2D eigenvalue weighted by Gasteiger charge is 2.29. The lowest BCUT2D eigenvalue weighted by Crippen LogP contribution is -2.51. The monoisotopic (exact) mass is 483 g/mol. The predicted octanol–water partition coefficient (Wildman–Crippen LogP) is 3.55. The Morgan fingerprint density at radius 3 is 1.85 bits per heavy atom. The van der Waals surface area contributed by atoms with Gasteiger partial charge in [0.05, 0.1) is 17.5 Å². The van der Waals surface area contributed by atoms with Crippen LogP contribution in [0.15, 0.2) is 89.8 Å². The van der Waals surface area contributed by atoms with Crippen molar-refractivity contribution in [2.75, 3.05) is 32.7 Å². The Morgan fingerprint density at radius 2 is 1.33 bits per heavy atom. The van der Waals surface area contributed by atoms with Crippen LogP contribution in [0, 0.1) is 0 Å². The number of carbonyl (C=O) groups is 1. The normalized spacial score (nSPS) is 15.5. The van der Waals surface area contributed by atoms with E-state index in [1.54, 1.807) is 12.1 Å². The lowest BCUT2D eigenvalue weighted by atomic mass is 9.99. The van der Waals surface area contributed by atoms with Crippen molar-refractivity contribution >= 4 is 27.5 Å². The third-order valence-electron chi connectivity index (χ3n) is 5.72. The summed E-state index contributed by atoms with van der Waals surface area (Å²) in [5.41, 5.74) is 2.02. The maximum Gasteiger partial charge on any atom is 0.243 e. The largest absolute Gasteiger partial charge is 0.344 e. The Bertz CT molecular complexity index is 1130. The van der Waals surface area contributed by atoms with Gasteiger partial charge in [-0.2, -0.15) is 4.31 Å². The molecule has 0 radical (unpaired) electrons. The molecule has 1 N–H and O–H groups in total. The van der Waals surface area contributed by atoms with Crippen LogP contribution in [0.5, 0.6) is 0 Å². The molecule has 1 heterocycles. The molecule has 3 aromatic rings. The highest BCUT2D eigenvalue weighted by molar-refractivity contribution is 7.89. The highest BCUT2D eigenvalue weighted by Crippen LogP contribution is 2.22. The van der Waals surface area contributed by atoms with E-state index in [9.17, 15) is 13.2 Å². The summed E-state index contributed by atoms with van der Waals surface area (Å²) < 4.78 is 27.2. The first-order valence-electron chi connectivity index (χ1n) is 10.8. The van der Waals surface area contributed by atoms with Gasteiger partial charge < -0.3 is 5.32 Å². The fourth-order valence-corrected chi connectivity index (χ4v) is 5.49. The first-order valence-corrected chi connectivity index (χ1v) is 12.6. The van der Waals surface area contributed by atoms with Crippen LogP contribution in [0.25, 0.3) is 0 Å². The van der Waals surface area contributed by atoms with E-state index in [1.165, 1.54) is 16.4 Å². The van der Waals surface area contributed by atoms with Crippen LogP contribution in [-0.2, 0) is 14.8 Å². The lowest BCUT2D eigenvalue weighted by Gasteiger charge is -2.34. The smallest absolute Gasteiger partial charge is 0.243 e. The molecule has 3 aromatic carbocycles. The number of nitrogens with zero attached hydrogens (tertiary/aromatic N) is 2. The molecule has 0 bridgehead atoms. The van der Waals surface area contributed by atoms with Gasteiger partial charge in [0.15, 0.2) is 0 Å². The minimum atomic E-state index is -3.57. The second-order valence-electron chi connectivity index (χ2n) is 7.96. The fraction of sp³-hybridized carbons (Fsp3) is 0.240. The van der Waals surface area contributed by atoms with E-state index >= 15 is 0 Å². The summed E-state index contributed by atoms with van der Waals surface area (Å²) in [6, 6.07) is 25.7. The summed E-state index contributed by atoms with van der Waals surface area (Å²) in [5, 5.41) is 3.64. The minimum Gasteiger partial charge on any atom is -0.344 e. The Balaban J connectivity index is 1.37. The van der Waals surface area contributed by atoms with Crippen LogP contribution in [-0.4, -0.2) is 56.3 Å². The van der Waals surface area contributed by atoms with Crippen LogP contribution in [0.1, 0.15) is 17.2 Å². The molecular weight excluding hydrogens is 458 g/mol. The molecule has 33 heavy (non-hydrogen) atoms. The SMILES string of the molecule is O=C(CN1CCN(S(=O)(=O)c2ccc(Cl)cc2)CC1)NC(c1ccccc1)c1ccccc1. The van der Waals surface area contributed by atoms with E-state index in [2.05, 4.69) is 5.32 Å². The number of hydrogen-bond donors (Lipinski definition) is 1. The van der Waals surface area contributed by atoms with Gasteiger partial charge in [-0.3, -0.25) is 9.69 Å².